The minimum atomic E-state index is 0.950. The number of pyridine rings is 1. The van der Waals surface area contributed by atoms with Crippen LogP contribution in [0, 0.1) is 0 Å². The van der Waals surface area contributed by atoms with Gasteiger partial charge in [-0.1, -0.05) is 30.0 Å². The summed E-state index contributed by atoms with van der Waals surface area (Å²) in [4.78, 5) is 13.3. The lowest BCUT2D eigenvalue weighted by atomic mass is 10.2. The van der Waals surface area contributed by atoms with Crippen LogP contribution in [0.15, 0.2) is 71.1 Å². The zero-order chi connectivity index (χ0) is 22.7. The van der Waals surface area contributed by atoms with Crippen LogP contribution in [0.3, 0.4) is 0 Å². The Bertz CT molecular complexity index is 1190. The van der Waals surface area contributed by atoms with Crippen LogP contribution in [0.4, 0.5) is 5.69 Å². The van der Waals surface area contributed by atoms with Gasteiger partial charge in [0.2, 0.25) is 0 Å². The summed E-state index contributed by atoms with van der Waals surface area (Å²) in [7, 11) is 8.78. The third-order valence-electron chi connectivity index (χ3n) is 5.15. The SMILES string of the molecule is CC1=C/C(=C\c2nc3ccc[n+](C)c3s2)N=C(SCCC[N+](C)(C)C)N1c1ccccc1. The number of benzene rings is 1. The number of hydrogen-bond donors (Lipinski definition) is 0. The van der Waals surface area contributed by atoms with E-state index in [1.165, 1.54) is 10.5 Å². The highest BCUT2D eigenvalue weighted by molar-refractivity contribution is 8.14. The largest absolute Gasteiger partial charge is 0.331 e. The molecule has 1 aromatic carbocycles. The summed E-state index contributed by atoms with van der Waals surface area (Å²) in [6, 6.07) is 14.6. The van der Waals surface area contributed by atoms with Crippen molar-refractivity contribution in [2.24, 2.45) is 12.0 Å². The van der Waals surface area contributed by atoms with Gasteiger partial charge in [-0.3, -0.25) is 4.90 Å². The first kappa shape index (κ1) is 22.7. The van der Waals surface area contributed by atoms with Crippen LogP contribution in [-0.4, -0.2) is 48.1 Å². The second-order valence-corrected chi connectivity index (χ2v) is 11.1. The maximum absolute atomic E-state index is 5.06. The predicted octanol–water partition coefficient (Wildman–Crippen LogP) is 5.07. The van der Waals surface area contributed by atoms with Crippen molar-refractivity contribution in [3.8, 4) is 0 Å². The van der Waals surface area contributed by atoms with E-state index >= 15 is 0 Å². The number of quaternary nitrogens is 1. The number of aryl methyl sites for hydroxylation is 1. The van der Waals surface area contributed by atoms with Crippen LogP contribution in [0.25, 0.3) is 16.4 Å². The Hall–Kier alpha value is -2.48. The zero-order valence-electron chi connectivity index (χ0n) is 19.4. The Labute approximate surface area is 199 Å². The molecule has 2 aromatic heterocycles. The third-order valence-corrected chi connectivity index (χ3v) is 7.28. The third kappa shape index (κ3) is 5.46. The molecule has 166 valence electrons. The molecule has 0 bridgehead atoms. The maximum atomic E-state index is 5.06. The van der Waals surface area contributed by atoms with Crippen molar-refractivity contribution in [2.75, 3.05) is 38.3 Å². The Kier molecular flexibility index (Phi) is 6.79. The van der Waals surface area contributed by atoms with Gasteiger partial charge in [-0.25, -0.2) is 9.98 Å². The molecule has 0 aliphatic carbocycles. The normalized spacial score (nSPS) is 15.9. The minimum absolute atomic E-state index is 0.950. The van der Waals surface area contributed by atoms with Gasteiger partial charge >= 0.3 is 0 Å². The summed E-state index contributed by atoms with van der Waals surface area (Å²) in [6.07, 6.45) is 7.45. The number of allylic oxidation sites excluding steroid dienone is 2. The smallest absolute Gasteiger partial charge is 0.289 e. The van der Waals surface area contributed by atoms with Crippen LogP contribution >= 0.6 is 23.1 Å². The molecule has 1 aliphatic rings. The second kappa shape index (κ2) is 9.57. The average molecular weight is 466 g/mol. The van der Waals surface area contributed by atoms with Crippen molar-refractivity contribution in [3.63, 3.8) is 0 Å². The van der Waals surface area contributed by atoms with Gasteiger partial charge in [-0.2, -0.15) is 4.57 Å². The van der Waals surface area contributed by atoms with Gasteiger partial charge in [0.25, 0.3) is 4.83 Å². The second-order valence-electron chi connectivity index (χ2n) is 9.00. The number of aromatic nitrogens is 2. The molecule has 1 aliphatic heterocycles. The summed E-state index contributed by atoms with van der Waals surface area (Å²) < 4.78 is 3.10. The number of fused-ring (bicyclic) bond motifs is 1. The highest BCUT2D eigenvalue weighted by Crippen LogP contribution is 2.31. The van der Waals surface area contributed by atoms with Gasteiger partial charge in [-0.15, -0.1) is 0 Å². The highest BCUT2D eigenvalue weighted by Gasteiger charge is 2.21. The summed E-state index contributed by atoms with van der Waals surface area (Å²) in [5.41, 5.74) is 4.28. The molecule has 3 heterocycles. The summed E-state index contributed by atoms with van der Waals surface area (Å²) in [5, 5.41) is 2.00. The molecule has 5 nitrogen and oxygen atoms in total. The van der Waals surface area contributed by atoms with E-state index in [9.17, 15) is 0 Å². The summed E-state index contributed by atoms with van der Waals surface area (Å²) in [5.74, 6) is 1.04. The molecular weight excluding hydrogens is 434 g/mol. The van der Waals surface area contributed by atoms with Gasteiger partial charge in [0.15, 0.2) is 11.4 Å². The van der Waals surface area contributed by atoms with E-state index in [1.807, 2.05) is 17.8 Å². The molecular formula is C25H31N5S2+2. The number of para-hydroxylation sites is 1. The maximum Gasteiger partial charge on any atom is 0.289 e. The van der Waals surface area contributed by atoms with Crippen molar-refractivity contribution in [3.05, 3.63) is 71.1 Å². The first-order chi connectivity index (χ1) is 15.3. The molecule has 0 radical (unpaired) electrons. The van der Waals surface area contributed by atoms with Gasteiger partial charge < -0.3 is 4.48 Å². The quantitative estimate of drug-likeness (QED) is 0.289. The van der Waals surface area contributed by atoms with E-state index in [1.54, 1.807) is 11.3 Å². The fraction of sp³-hybridized carbons (Fsp3) is 0.320. The number of rotatable bonds is 6. The van der Waals surface area contributed by atoms with E-state index in [2.05, 4.69) is 99.3 Å². The van der Waals surface area contributed by atoms with Crippen LogP contribution in [0.2, 0.25) is 0 Å². The van der Waals surface area contributed by atoms with Crippen LogP contribution in [0.1, 0.15) is 18.4 Å². The standard InChI is InChI=1S/C25H31N5S2/c1-19-17-20(18-23-27-22-13-9-14-28(2)24(22)32-23)26-25(31-16-10-15-30(3,4)5)29(19)21-11-7-6-8-12-21/h6-9,11-14,17-18H,10,15-16H2,1-5H3/q+2/b20-18+. The van der Waals surface area contributed by atoms with E-state index in [-0.39, 0.29) is 0 Å². The van der Waals surface area contributed by atoms with Crippen LogP contribution in [0.5, 0.6) is 0 Å². The molecule has 0 spiro atoms. The van der Waals surface area contributed by atoms with Gasteiger partial charge in [0, 0.05) is 35.7 Å². The molecule has 7 heteroatoms. The Morgan fingerprint density at radius 3 is 2.62 bits per heavy atom. The summed E-state index contributed by atoms with van der Waals surface area (Å²) in [6.45, 7) is 3.30. The zero-order valence-corrected chi connectivity index (χ0v) is 21.1. The Morgan fingerprint density at radius 2 is 1.91 bits per heavy atom. The lowest BCUT2D eigenvalue weighted by molar-refractivity contribution is -0.870. The fourth-order valence-corrected chi connectivity index (χ4v) is 5.56. The minimum Gasteiger partial charge on any atom is -0.331 e. The Balaban J connectivity index is 1.64. The average Bonchev–Trinajstić information content (AvgIpc) is 3.15. The summed E-state index contributed by atoms with van der Waals surface area (Å²) >= 11 is 3.53. The monoisotopic (exact) mass is 465 g/mol. The molecule has 3 aromatic rings. The molecule has 0 N–H and O–H groups in total. The number of thiazole rings is 1. The van der Waals surface area contributed by atoms with Crippen molar-refractivity contribution < 1.29 is 9.05 Å². The van der Waals surface area contributed by atoms with Crippen molar-refractivity contribution in [1.29, 1.82) is 0 Å². The van der Waals surface area contributed by atoms with E-state index in [4.69, 9.17) is 9.98 Å². The topological polar surface area (TPSA) is 32.4 Å². The van der Waals surface area contributed by atoms with E-state index in [0.717, 1.165) is 50.3 Å². The molecule has 0 saturated carbocycles. The van der Waals surface area contributed by atoms with E-state index in [0.29, 0.717) is 0 Å². The number of aliphatic imine (C=N–C) groups is 1. The predicted molar refractivity (Wildman–Crippen MR) is 139 cm³/mol. The van der Waals surface area contributed by atoms with Crippen molar-refractivity contribution >= 4 is 50.4 Å². The van der Waals surface area contributed by atoms with Crippen molar-refractivity contribution in [1.82, 2.24) is 4.98 Å². The number of anilines is 1. The van der Waals surface area contributed by atoms with Gasteiger partial charge in [-0.05, 0) is 42.5 Å². The number of nitrogens with zero attached hydrogens (tertiary/aromatic N) is 5. The first-order valence-corrected chi connectivity index (χ1v) is 12.6. The van der Waals surface area contributed by atoms with Crippen molar-refractivity contribution in [2.45, 2.75) is 13.3 Å². The lowest BCUT2D eigenvalue weighted by Gasteiger charge is -2.30. The lowest BCUT2D eigenvalue weighted by Crippen LogP contribution is -2.35. The highest BCUT2D eigenvalue weighted by atomic mass is 32.2. The number of hydrogen-bond acceptors (Lipinski definition) is 5. The first-order valence-electron chi connectivity index (χ1n) is 10.8. The number of thioether (sulfide) groups is 1. The molecule has 0 atom stereocenters. The molecule has 0 unspecified atom stereocenters. The van der Waals surface area contributed by atoms with Gasteiger partial charge in [0.05, 0.1) is 33.4 Å². The molecule has 4 rings (SSSR count). The molecule has 0 amide bonds. The van der Waals surface area contributed by atoms with Crippen LogP contribution in [-0.2, 0) is 7.05 Å². The number of amidine groups is 1. The van der Waals surface area contributed by atoms with Gasteiger partial charge in [0.1, 0.15) is 17.6 Å². The fourth-order valence-electron chi connectivity index (χ4n) is 3.61. The molecule has 0 fully saturated rings. The molecule has 32 heavy (non-hydrogen) atoms. The van der Waals surface area contributed by atoms with E-state index < -0.39 is 0 Å². The Morgan fingerprint density at radius 1 is 1.12 bits per heavy atom. The van der Waals surface area contributed by atoms with Crippen LogP contribution < -0.4 is 9.47 Å². The molecule has 0 saturated heterocycles.